The maximum Gasteiger partial charge on any atom is 0.384 e. The zero-order valence-electron chi connectivity index (χ0n) is 6.88. The van der Waals surface area contributed by atoms with Gasteiger partial charge in [0.1, 0.15) is 0 Å². The summed E-state index contributed by atoms with van der Waals surface area (Å²) in [5, 5.41) is 3.90. The standard InChI is InChI=1S/C9H8O2S/c1-7-5-12-6-8(7)3-4-9(10)11-2/h5-6H,1-2H3. The smallest absolute Gasteiger partial charge is 0.384 e. The Morgan fingerprint density at radius 1 is 1.58 bits per heavy atom. The first kappa shape index (κ1) is 8.82. The summed E-state index contributed by atoms with van der Waals surface area (Å²) in [5.74, 6) is 4.60. The SMILES string of the molecule is COC(=O)C#Cc1cscc1C. The summed E-state index contributed by atoms with van der Waals surface area (Å²) in [4.78, 5) is 10.6. The Labute approximate surface area is 75.2 Å². The topological polar surface area (TPSA) is 26.3 Å². The van der Waals surface area contributed by atoms with Gasteiger partial charge in [-0.3, -0.25) is 0 Å². The molecule has 0 aliphatic carbocycles. The normalized spacial score (nSPS) is 8.50. The van der Waals surface area contributed by atoms with Crippen LogP contribution in [0.4, 0.5) is 0 Å². The second kappa shape index (κ2) is 3.93. The van der Waals surface area contributed by atoms with E-state index < -0.39 is 5.97 Å². The van der Waals surface area contributed by atoms with Crippen LogP contribution in [0.5, 0.6) is 0 Å². The first-order valence-electron chi connectivity index (χ1n) is 3.37. The van der Waals surface area contributed by atoms with Gasteiger partial charge in [0.15, 0.2) is 0 Å². The molecule has 0 fully saturated rings. The lowest BCUT2D eigenvalue weighted by Crippen LogP contribution is -1.94. The van der Waals surface area contributed by atoms with Gasteiger partial charge in [-0.25, -0.2) is 4.79 Å². The number of methoxy groups -OCH3 is 1. The van der Waals surface area contributed by atoms with E-state index in [1.807, 2.05) is 17.7 Å². The van der Waals surface area contributed by atoms with Crippen molar-refractivity contribution < 1.29 is 9.53 Å². The molecule has 1 aromatic heterocycles. The zero-order chi connectivity index (χ0) is 8.97. The van der Waals surface area contributed by atoms with Crippen LogP contribution in [0, 0.1) is 18.8 Å². The molecule has 0 aliphatic rings. The first-order valence-corrected chi connectivity index (χ1v) is 4.31. The van der Waals surface area contributed by atoms with E-state index in [-0.39, 0.29) is 0 Å². The molecule has 0 saturated heterocycles. The molecular formula is C9H8O2S. The van der Waals surface area contributed by atoms with Crippen LogP contribution in [-0.2, 0) is 9.53 Å². The number of rotatable bonds is 0. The maximum absolute atomic E-state index is 10.6. The second-order valence-corrected chi connectivity index (χ2v) is 2.95. The molecule has 0 aliphatic heterocycles. The molecule has 3 heteroatoms. The van der Waals surface area contributed by atoms with Crippen LogP contribution in [0.3, 0.4) is 0 Å². The first-order chi connectivity index (χ1) is 5.74. The largest absolute Gasteiger partial charge is 0.459 e. The van der Waals surface area contributed by atoms with Gasteiger partial charge in [-0.05, 0) is 17.9 Å². The van der Waals surface area contributed by atoms with Crippen LogP contribution in [0.15, 0.2) is 10.8 Å². The fraction of sp³-hybridized carbons (Fsp3) is 0.222. The quantitative estimate of drug-likeness (QED) is 0.447. The van der Waals surface area contributed by atoms with Crippen LogP contribution in [0.2, 0.25) is 0 Å². The van der Waals surface area contributed by atoms with Gasteiger partial charge in [-0.2, -0.15) is 11.3 Å². The van der Waals surface area contributed by atoms with E-state index in [1.165, 1.54) is 7.11 Å². The fourth-order valence-electron chi connectivity index (χ4n) is 0.658. The maximum atomic E-state index is 10.6. The van der Waals surface area contributed by atoms with Gasteiger partial charge in [0.05, 0.1) is 7.11 Å². The Bertz CT molecular complexity index is 341. The average molecular weight is 180 g/mol. The number of esters is 1. The molecule has 0 saturated carbocycles. The van der Waals surface area contributed by atoms with E-state index in [9.17, 15) is 4.79 Å². The third kappa shape index (κ3) is 2.11. The Kier molecular flexibility index (Phi) is 2.89. The molecule has 1 heterocycles. The monoisotopic (exact) mass is 180 g/mol. The van der Waals surface area contributed by atoms with Crippen molar-refractivity contribution >= 4 is 17.3 Å². The lowest BCUT2D eigenvalue weighted by Gasteiger charge is -1.85. The minimum absolute atomic E-state index is 0.499. The third-order valence-electron chi connectivity index (χ3n) is 1.34. The Hall–Kier alpha value is -1.27. The van der Waals surface area contributed by atoms with Crippen LogP contribution < -0.4 is 0 Å². The van der Waals surface area contributed by atoms with Crippen LogP contribution in [0.1, 0.15) is 11.1 Å². The van der Waals surface area contributed by atoms with Crippen molar-refractivity contribution in [2.75, 3.05) is 7.11 Å². The molecule has 2 nitrogen and oxygen atoms in total. The molecule has 0 N–H and O–H groups in total. The van der Waals surface area contributed by atoms with Crippen LogP contribution >= 0.6 is 11.3 Å². The zero-order valence-corrected chi connectivity index (χ0v) is 7.70. The molecule has 1 aromatic rings. The Morgan fingerprint density at radius 3 is 2.83 bits per heavy atom. The second-order valence-electron chi connectivity index (χ2n) is 2.21. The summed E-state index contributed by atoms with van der Waals surface area (Å²) in [6.45, 7) is 1.96. The highest BCUT2D eigenvalue weighted by Crippen LogP contribution is 2.11. The molecule has 0 spiro atoms. The number of carbonyl (C=O) groups is 1. The van der Waals surface area contributed by atoms with Gasteiger partial charge in [0, 0.05) is 16.9 Å². The van der Waals surface area contributed by atoms with Crippen molar-refractivity contribution in [3.8, 4) is 11.8 Å². The van der Waals surface area contributed by atoms with E-state index in [4.69, 9.17) is 0 Å². The third-order valence-corrected chi connectivity index (χ3v) is 2.20. The summed E-state index contributed by atoms with van der Waals surface area (Å²) in [5.41, 5.74) is 1.99. The number of hydrogen-bond donors (Lipinski definition) is 0. The van der Waals surface area contributed by atoms with Crippen molar-refractivity contribution in [3.05, 3.63) is 21.9 Å². The van der Waals surface area contributed by atoms with Crippen molar-refractivity contribution in [1.82, 2.24) is 0 Å². The van der Waals surface area contributed by atoms with Crippen molar-refractivity contribution in [1.29, 1.82) is 0 Å². The molecule has 0 amide bonds. The van der Waals surface area contributed by atoms with Gasteiger partial charge >= 0.3 is 5.97 Å². The minimum Gasteiger partial charge on any atom is -0.459 e. The molecule has 0 radical (unpaired) electrons. The summed E-state index contributed by atoms with van der Waals surface area (Å²) in [7, 11) is 1.32. The van der Waals surface area contributed by atoms with Crippen LogP contribution in [0.25, 0.3) is 0 Å². The highest BCUT2D eigenvalue weighted by Gasteiger charge is 1.94. The predicted octanol–water partition coefficient (Wildman–Crippen LogP) is 1.58. The molecule has 1 rings (SSSR count). The lowest BCUT2D eigenvalue weighted by atomic mass is 10.2. The Morgan fingerprint density at radius 2 is 2.33 bits per heavy atom. The average Bonchev–Trinajstić information content (AvgIpc) is 2.47. The summed E-state index contributed by atoms with van der Waals surface area (Å²) in [6, 6.07) is 0. The molecule has 12 heavy (non-hydrogen) atoms. The van der Waals surface area contributed by atoms with E-state index in [0.717, 1.165) is 11.1 Å². The molecule has 0 bridgehead atoms. The summed E-state index contributed by atoms with van der Waals surface area (Å²) < 4.78 is 4.38. The van der Waals surface area contributed by atoms with Gasteiger partial charge in [0.2, 0.25) is 0 Å². The molecule has 62 valence electrons. The number of carbonyl (C=O) groups excluding carboxylic acids is 1. The molecule has 0 atom stereocenters. The highest BCUT2D eigenvalue weighted by molar-refractivity contribution is 7.08. The molecule has 0 aromatic carbocycles. The highest BCUT2D eigenvalue weighted by atomic mass is 32.1. The van der Waals surface area contributed by atoms with E-state index in [1.54, 1.807) is 11.3 Å². The van der Waals surface area contributed by atoms with Crippen molar-refractivity contribution in [3.63, 3.8) is 0 Å². The number of ether oxygens (including phenoxy) is 1. The predicted molar refractivity (Wildman–Crippen MR) is 48.0 cm³/mol. The summed E-state index contributed by atoms with van der Waals surface area (Å²) in [6.07, 6.45) is 0. The number of hydrogen-bond acceptors (Lipinski definition) is 3. The van der Waals surface area contributed by atoms with Gasteiger partial charge < -0.3 is 4.74 Å². The van der Waals surface area contributed by atoms with Gasteiger partial charge in [0.25, 0.3) is 0 Å². The lowest BCUT2D eigenvalue weighted by molar-refractivity contribution is -0.133. The molecule has 0 unspecified atom stereocenters. The van der Waals surface area contributed by atoms with Crippen molar-refractivity contribution in [2.24, 2.45) is 0 Å². The summed E-state index contributed by atoms with van der Waals surface area (Å²) >= 11 is 1.57. The minimum atomic E-state index is -0.499. The number of aryl methyl sites for hydroxylation is 1. The Balaban J connectivity index is 2.79. The van der Waals surface area contributed by atoms with Gasteiger partial charge in [-0.15, -0.1) is 0 Å². The van der Waals surface area contributed by atoms with Crippen LogP contribution in [-0.4, -0.2) is 13.1 Å². The van der Waals surface area contributed by atoms with E-state index in [0.29, 0.717) is 0 Å². The van der Waals surface area contributed by atoms with E-state index >= 15 is 0 Å². The van der Waals surface area contributed by atoms with Gasteiger partial charge in [-0.1, -0.05) is 5.92 Å². The number of thiophene rings is 1. The van der Waals surface area contributed by atoms with Crippen molar-refractivity contribution in [2.45, 2.75) is 6.92 Å². The molecular weight excluding hydrogens is 172 g/mol. The van der Waals surface area contributed by atoms with E-state index in [2.05, 4.69) is 16.6 Å². The fourth-order valence-corrected chi connectivity index (χ4v) is 1.44.